The van der Waals surface area contributed by atoms with Crippen LogP contribution in [-0.4, -0.2) is 32.6 Å². The maximum Gasteiger partial charge on any atom is 0.305 e. The van der Waals surface area contributed by atoms with E-state index in [-0.39, 0.29) is 17.3 Å². The number of fused-ring (bicyclic) bond motifs is 1. The third kappa shape index (κ3) is 4.15. The smallest absolute Gasteiger partial charge is 0.305 e. The van der Waals surface area contributed by atoms with Crippen molar-refractivity contribution in [2.24, 2.45) is 0 Å². The summed E-state index contributed by atoms with van der Waals surface area (Å²) in [7, 11) is -0.903. The van der Waals surface area contributed by atoms with E-state index in [9.17, 15) is 13.2 Å². The molecular weight excluding hydrogens is 390 g/mol. The summed E-state index contributed by atoms with van der Waals surface area (Å²) in [6.07, 6.45) is 2.11. The van der Waals surface area contributed by atoms with Crippen LogP contribution >= 0.6 is 0 Å². The summed E-state index contributed by atoms with van der Waals surface area (Å²) in [5, 5.41) is 0.732. The number of rotatable bonds is 7. The zero-order valence-electron chi connectivity index (χ0n) is 17.0. The molecule has 29 heavy (non-hydrogen) atoms. The molecular formula is C22H25NO5S. The summed E-state index contributed by atoms with van der Waals surface area (Å²) in [6, 6.07) is 12.2. The highest BCUT2D eigenvalue weighted by Crippen LogP contribution is 2.30. The van der Waals surface area contributed by atoms with Gasteiger partial charge in [-0.3, -0.25) is 4.79 Å². The van der Waals surface area contributed by atoms with E-state index in [0.717, 1.165) is 16.5 Å². The van der Waals surface area contributed by atoms with Crippen LogP contribution in [-0.2, 0) is 26.0 Å². The van der Waals surface area contributed by atoms with Gasteiger partial charge in [-0.2, -0.15) is 0 Å². The van der Waals surface area contributed by atoms with Gasteiger partial charge in [0.25, 0.3) is 10.0 Å². The minimum Gasteiger partial charge on any atom is -0.497 e. The number of hydrogen-bond acceptors (Lipinski definition) is 5. The van der Waals surface area contributed by atoms with Gasteiger partial charge >= 0.3 is 5.97 Å². The molecule has 0 unspecified atom stereocenters. The second-order valence-electron chi connectivity index (χ2n) is 7.14. The van der Waals surface area contributed by atoms with Crippen LogP contribution in [0.15, 0.2) is 53.6 Å². The molecule has 0 aliphatic carbocycles. The third-order valence-corrected chi connectivity index (χ3v) is 6.68. The molecule has 0 atom stereocenters. The number of esters is 1. The molecule has 0 amide bonds. The lowest BCUT2D eigenvalue weighted by atomic mass is 10.0. The van der Waals surface area contributed by atoms with Crippen molar-refractivity contribution < 1.29 is 22.7 Å². The molecule has 1 heterocycles. The highest BCUT2D eigenvalue weighted by Gasteiger charge is 2.22. The van der Waals surface area contributed by atoms with Gasteiger partial charge in [0.2, 0.25) is 0 Å². The van der Waals surface area contributed by atoms with E-state index in [1.807, 2.05) is 12.1 Å². The summed E-state index contributed by atoms with van der Waals surface area (Å²) in [5.41, 5.74) is 2.36. The first kappa shape index (κ1) is 20.9. The lowest BCUT2D eigenvalue weighted by Crippen LogP contribution is -2.12. The highest BCUT2D eigenvalue weighted by atomic mass is 32.2. The van der Waals surface area contributed by atoms with Gasteiger partial charge in [-0.05, 0) is 53.8 Å². The quantitative estimate of drug-likeness (QED) is 0.543. The van der Waals surface area contributed by atoms with Crippen molar-refractivity contribution in [2.75, 3.05) is 14.2 Å². The molecule has 2 aromatic carbocycles. The van der Waals surface area contributed by atoms with E-state index >= 15 is 0 Å². The largest absolute Gasteiger partial charge is 0.497 e. The molecule has 1 aromatic heterocycles. The number of nitrogens with zero attached hydrogens (tertiary/aromatic N) is 1. The Morgan fingerprint density at radius 3 is 2.34 bits per heavy atom. The predicted molar refractivity (Wildman–Crippen MR) is 112 cm³/mol. The third-order valence-electron chi connectivity index (χ3n) is 4.99. The Labute approximate surface area is 171 Å². The van der Waals surface area contributed by atoms with Crippen molar-refractivity contribution in [2.45, 2.75) is 37.5 Å². The SMILES string of the molecule is COC(=O)CCc1cn(S(=O)(=O)c2ccc(C(C)C)cc2)c2ccc(OC)cc12. The average Bonchev–Trinajstić information content (AvgIpc) is 3.10. The Balaban J connectivity index is 2.11. The molecule has 0 aliphatic heterocycles. The van der Waals surface area contributed by atoms with Gasteiger partial charge in [0.15, 0.2) is 0 Å². The number of methoxy groups -OCH3 is 2. The maximum absolute atomic E-state index is 13.3. The summed E-state index contributed by atoms with van der Waals surface area (Å²) in [4.78, 5) is 11.8. The number of ether oxygens (including phenoxy) is 2. The van der Waals surface area contributed by atoms with Crippen molar-refractivity contribution in [1.29, 1.82) is 0 Å². The number of aryl methyl sites for hydroxylation is 1. The fourth-order valence-electron chi connectivity index (χ4n) is 3.25. The number of benzene rings is 2. The van der Waals surface area contributed by atoms with E-state index in [4.69, 9.17) is 9.47 Å². The Morgan fingerprint density at radius 2 is 1.76 bits per heavy atom. The zero-order valence-corrected chi connectivity index (χ0v) is 17.8. The molecule has 3 rings (SSSR count). The number of carbonyl (C=O) groups excluding carboxylic acids is 1. The minimum absolute atomic E-state index is 0.163. The Kier molecular flexibility index (Phi) is 5.98. The van der Waals surface area contributed by atoms with Crippen LogP contribution in [0.3, 0.4) is 0 Å². The molecule has 0 radical (unpaired) electrons. The van der Waals surface area contributed by atoms with Crippen LogP contribution in [0.2, 0.25) is 0 Å². The van der Waals surface area contributed by atoms with Crippen LogP contribution in [0.5, 0.6) is 5.75 Å². The molecule has 3 aromatic rings. The Hall–Kier alpha value is -2.80. The predicted octanol–water partition coefficient (Wildman–Crippen LogP) is 4.12. The molecule has 0 N–H and O–H groups in total. The Bertz CT molecular complexity index is 1130. The zero-order chi connectivity index (χ0) is 21.2. The minimum atomic E-state index is -3.79. The van der Waals surface area contributed by atoms with Gasteiger partial charge in [-0.1, -0.05) is 26.0 Å². The van der Waals surface area contributed by atoms with E-state index in [1.165, 1.54) is 11.1 Å². The van der Waals surface area contributed by atoms with E-state index in [2.05, 4.69) is 13.8 Å². The van der Waals surface area contributed by atoms with Crippen LogP contribution < -0.4 is 4.74 Å². The van der Waals surface area contributed by atoms with Crippen LogP contribution in [0.25, 0.3) is 10.9 Å². The van der Waals surface area contributed by atoms with Crippen molar-refractivity contribution in [3.8, 4) is 5.75 Å². The molecule has 0 aliphatic rings. The Morgan fingerprint density at radius 1 is 1.07 bits per heavy atom. The van der Waals surface area contributed by atoms with Gasteiger partial charge < -0.3 is 9.47 Å². The fraction of sp³-hybridized carbons (Fsp3) is 0.318. The summed E-state index contributed by atoms with van der Waals surface area (Å²) < 4.78 is 37.9. The molecule has 0 saturated carbocycles. The van der Waals surface area contributed by atoms with Crippen molar-refractivity contribution in [1.82, 2.24) is 3.97 Å². The number of carbonyl (C=O) groups is 1. The summed E-state index contributed by atoms with van der Waals surface area (Å²) in [5.74, 6) is 0.589. The van der Waals surface area contributed by atoms with Crippen LogP contribution in [0, 0.1) is 0 Å². The summed E-state index contributed by atoms with van der Waals surface area (Å²) in [6.45, 7) is 4.12. The van der Waals surface area contributed by atoms with E-state index < -0.39 is 10.0 Å². The molecule has 0 saturated heterocycles. The topological polar surface area (TPSA) is 74.6 Å². The number of hydrogen-bond donors (Lipinski definition) is 0. The number of aromatic nitrogens is 1. The van der Waals surface area contributed by atoms with Gasteiger partial charge in [0.1, 0.15) is 5.75 Å². The monoisotopic (exact) mass is 415 g/mol. The molecule has 0 fully saturated rings. The van der Waals surface area contributed by atoms with Crippen molar-refractivity contribution in [3.63, 3.8) is 0 Å². The van der Waals surface area contributed by atoms with Gasteiger partial charge in [-0.25, -0.2) is 12.4 Å². The van der Waals surface area contributed by atoms with Crippen molar-refractivity contribution >= 4 is 26.9 Å². The first-order valence-corrected chi connectivity index (χ1v) is 10.8. The average molecular weight is 416 g/mol. The highest BCUT2D eigenvalue weighted by molar-refractivity contribution is 7.90. The van der Waals surface area contributed by atoms with Gasteiger partial charge in [0.05, 0.1) is 24.6 Å². The van der Waals surface area contributed by atoms with Crippen molar-refractivity contribution in [3.05, 3.63) is 59.8 Å². The maximum atomic E-state index is 13.3. The second-order valence-corrected chi connectivity index (χ2v) is 8.95. The standard InChI is InChI=1S/C22H25NO5S/c1-15(2)16-5-9-19(10-6-16)29(25,26)23-14-17(7-12-22(24)28-4)20-13-18(27-3)8-11-21(20)23/h5-6,8-11,13-15H,7,12H2,1-4H3. The van der Waals surface area contributed by atoms with Gasteiger partial charge in [0, 0.05) is 18.0 Å². The van der Waals surface area contributed by atoms with Crippen LogP contribution in [0.1, 0.15) is 37.3 Å². The lowest BCUT2D eigenvalue weighted by molar-refractivity contribution is -0.140. The molecule has 0 bridgehead atoms. The normalized spacial score (nSPS) is 11.8. The van der Waals surface area contributed by atoms with Crippen LogP contribution in [0.4, 0.5) is 0 Å². The molecule has 154 valence electrons. The molecule has 7 heteroatoms. The summed E-state index contributed by atoms with van der Waals surface area (Å²) >= 11 is 0. The molecule has 6 nitrogen and oxygen atoms in total. The lowest BCUT2D eigenvalue weighted by Gasteiger charge is -2.10. The van der Waals surface area contributed by atoms with E-state index in [1.54, 1.807) is 43.6 Å². The first-order chi connectivity index (χ1) is 13.8. The van der Waals surface area contributed by atoms with E-state index in [0.29, 0.717) is 23.6 Å². The molecule has 0 spiro atoms. The first-order valence-electron chi connectivity index (χ1n) is 9.38. The fourth-order valence-corrected chi connectivity index (χ4v) is 4.64. The second kappa shape index (κ2) is 8.29. The van der Waals surface area contributed by atoms with Gasteiger partial charge in [-0.15, -0.1) is 0 Å².